The van der Waals surface area contributed by atoms with Gasteiger partial charge in [0.25, 0.3) is 0 Å². The Kier molecular flexibility index (Phi) is 3.62. The van der Waals surface area contributed by atoms with E-state index >= 15 is 0 Å². The number of fused-ring (bicyclic) bond motifs is 1. The molecule has 1 aliphatic heterocycles. The topological polar surface area (TPSA) is 74.6 Å². The monoisotopic (exact) mass is 307 g/mol. The summed E-state index contributed by atoms with van der Waals surface area (Å²) in [5.74, 6) is -0.383. The molecule has 2 aromatic rings. The minimum Gasteiger partial charge on any atom is -0.480 e. The van der Waals surface area contributed by atoms with E-state index in [-0.39, 0.29) is 0 Å². The highest BCUT2D eigenvalue weighted by molar-refractivity contribution is 8.15. The van der Waals surface area contributed by atoms with Crippen molar-refractivity contribution in [2.45, 2.75) is 13.0 Å². The van der Waals surface area contributed by atoms with Gasteiger partial charge in [0.2, 0.25) is 0 Å². The van der Waals surface area contributed by atoms with Crippen LogP contribution in [0.1, 0.15) is 11.9 Å². The summed E-state index contributed by atoms with van der Waals surface area (Å²) in [5.41, 5.74) is 1.99. The van der Waals surface area contributed by atoms with Gasteiger partial charge in [-0.1, -0.05) is 0 Å². The van der Waals surface area contributed by atoms with Gasteiger partial charge in [0, 0.05) is 18.0 Å². The van der Waals surface area contributed by atoms with Crippen LogP contribution in [0.15, 0.2) is 23.2 Å². The number of rotatable bonds is 4. The number of carboxylic acid groups (broad SMARTS) is 1. The molecule has 0 unspecified atom stereocenters. The van der Waals surface area contributed by atoms with E-state index in [9.17, 15) is 4.79 Å². The molecule has 1 aromatic carbocycles. The summed E-state index contributed by atoms with van der Waals surface area (Å²) in [4.78, 5) is 19.7. The number of benzene rings is 1. The molecule has 2 N–H and O–H groups in total. The Labute approximate surface area is 124 Å². The summed E-state index contributed by atoms with van der Waals surface area (Å²) in [6, 6.07) is 5.40. The molecule has 20 heavy (non-hydrogen) atoms. The van der Waals surface area contributed by atoms with Crippen LogP contribution in [-0.4, -0.2) is 39.4 Å². The second-order valence-electron chi connectivity index (χ2n) is 4.33. The van der Waals surface area contributed by atoms with Crippen molar-refractivity contribution in [1.82, 2.24) is 4.98 Å². The molecular formula is C13H13N3O2S2. The number of thiazole rings is 1. The molecule has 0 amide bonds. The highest BCUT2D eigenvalue weighted by Gasteiger charge is 2.26. The van der Waals surface area contributed by atoms with Crippen LogP contribution in [0.4, 0.5) is 5.69 Å². The minimum atomic E-state index is -0.872. The number of thioether (sulfide) groups is 1. The normalized spacial score (nSPS) is 18.2. The van der Waals surface area contributed by atoms with Crippen LogP contribution in [0.25, 0.3) is 10.2 Å². The number of aliphatic carboxylic acids is 1. The quantitative estimate of drug-likeness (QED) is 0.908. The molecule has 0 fully saturated rings. The molecule has 7 heteroatoms. The number of nitrogens with zero attached hydrogens (tertiary/aromatic N) is 2. The number of aromatic nitrogens is 1. The van der Waals surface area contributed by atoms with E-state index in [1.165, 1.54) is 11.8 Å². The van der Waals surface area contributed by atoms with Gasteiger partial charge in [-0.05, 0) is 25.1 Å². The van der Waals surface area contributed by atoms with Crippen molar-refractivity contribution in [2.75, 3.05) is 17.6 Å². The fraction of sp³-hybridized carbons (Fsp3) is 0.308. The Morgan fingerprint density at radius 2 is 2.40 bits per heavy atom. The number of carbonyl (C=O) groups is 1. The summed E-state index contributed by atoms with van der Waals surface area (Å²) in [7, 11) is 0. The van der Waals surface area contributed by atoms with Gasteiger partial charge in [-0.15, -0.1) is 23.1 Å². The maximum absolute atomic E-state index is 10.9. The maximum Gasteiger partial charge on any atom is 0.329 e. The molecule has 0 bridgehead atoms. The zero-order valence-corrected chi connectivity index (χ0v) is 12.4. The number of anilines is 1. The molecule has 3 rings (SSSR count). The van der Waals surface area contributed by atoms with Crippen molar-refractivity contribution in [3.8, 4) is 0 Å². The van der Waals surface area contributed by atoms with Gasteiger partial charge in [0.05, 0.1) is 10.2 Å². The van der Waals surface area contributed by atoms with Gasteiger partial charge in [0.15, 0.2) is 6.04 Å². The highest BCUT2D eigenvalue weighted by atomic mass is 32.2. The number of nitrogens with one attached hydrogen (secondary N) is 1. The number of aliphatic imine (C=N–C) groups is 1. The summed E-state index contributed by atoms with van der Waals surface area (Å²) < 4.78 is 1.08. The standard InChI is InChI=1S/C13H13N3O2S2/c1-2-14-7-3-4-8-10(5-7)20-12(15-8)11-16-9(6-19-11)13(17)18/h3-5,9,14H,2,6H2,1H3,(H,17,18)/t9-/m1/s1. The van der Waals surface area contributed by atoms with Gasteiger partial charge in [0.1, 0.15) is 10.1 Å². The molecule has 0 aliphatic carbocycles. The van der Waals surface area contributed by atoms with Crippen molar-refractivity contribution in [3.05, 3.63) is 23.2 Å². The third kappa shape index (κ3) is 2.51. The van der Waals surface area contributed by atoms with Gasteiger partial charge in [-0.2, -0.15) is 0 Å². The van der Waals surface area contributed by atoms with Crippen molar-refractivity contribution >= 4 is 50.0 Å². The molecule has 0 saturated carbocycles. The third-order valence-corrected chi connectivity index (χ3v) is 5.10. The summed E-state index contributed by atoms with van der Waals surface area (Å²) >= 11 is 3.02. The first kappa shape index (κ1) is 13.4. The number of hydrogen-bond acceptors (Lipinski definition) is 6. The van der Waals surface area contributed by atoms with E-state index in [4.69, 9.17) is 5.11 Å². The van der Waals surface area contributed by atoms with E-state index in [1.54, 1.807) is 11.3 Å². The lowest BCUT2D eigenvalue weighted by atomic mass is 10.3. The second-order valence-corrected chi connectivity index (χ2v) is 6.37. The van der Waals surface area contributed by atoms with Crippen LogP contribution in [0.3, 0.4) is 0 Å². The van der Waals surface area contributed by atoms with Gasteiger partial charge in [-0.3, -0.25) is 4.99 Å². The zero-order valence-electron chi connectivity index (χ0n) is 10.8. The molecule has 0 radical (unpaired) electrons. The molecule has 1 aliphatic rings. The lowest BCUT2D eigenvalue weighted by molar-refractivity contribution is -0.137. The third-order valence-electron chi connectivity index (χ3n) is 2.89. The lowest BCUT2D eigenvalue weighted by Gasteiger charge is -2.00. The SMILES string of the molecule is CCNc1ccc2nc(C3=N[C@@H](C(=O)O)CS3)sc2c1. The fourth-order valence-electron chi connectivity index (χ4n) is 1.95. The predicted molar refractivity (Wildman–Crippen MR) is 84.2 cm³/mol. The zero-order chi connectivity index (χ0) is 14.1. The molecule has 0 saturated heterocycles. The largest absolute Gasteiger partial charge is 0.480 e. The first-order chi connectivity index (χ1) is 9.67. The van der Waals surface area contributed by atoms with Crippen molar-refractivity contribution in [1.29, 1.82) is 0 Å². The van der Waals surface area contributed by atoms with Crippen molar-refractivity contribution < 1.29 is 9.90 Å². The Bertz CT molecular complexity index is 696. The van der Waals surface area contributed by atoms with E-state index in [0.29, 0.717) is 5.75 Å². The van der Waals surface area contributed by atoms with Crippen molar-refractivity contribution in [2.24, 2.45) is 4.99 Å². The van der Waals surface area contributed by atoms with E-state index in [1.807, 2.05) is 12.1 Å². The summed E-state index contributed by atoms with van der Waals surface area (Å²) in [6.45, 7) is 2.93. The first-order valence-corrected chi connectivity index (χ1v) is 8.06. The number of carboxylic acids is 1. The average molecular weight is 307 g/mol. The van der Waals surface area contributed by atoms with Crippen molar-refractivity contribution in [3.63, 3.8) is 0 Å². The number of hydrogen-bond donors (Lipinski definition) is 2. The fourth-order valence-corrected chi connectivity index (χ4v) is 4.05. The molecule has 104 valence electrons. The van der Waals surface area contributed by atoms with E-state index in [2.05, 4.69) is 28.3 Å². The second kappa shape index (κ2) is 5.41. The minimum absolute atomic E-state index is 0.489. The summed E-state index contributed by atoms with van der Waals surface area (Å²) in [5, 5.41) is 13.8. The first-order valence-electron chi connectivity index (χ1n) is 6.25. The van der Waals surface area contributed by atoms with E-state index in [0.717, 1.165) is 32.5 Å². The Hall–Kier alpha value is -1.60. The Morgan fingerprint density at radius 1 is 1.55 bits per heavy atom. The van der Waals surface area contributed by atoms with Gasteiger partial charge in [-0.25, -0.2) is 9.78 Å². The smallest absolute Gasteiger partial charge is 0.329 e. The highest BCUT2D eigenvalue weighted by Crippen LogP contribution is 2.31. The van der Waals surface area contributed by atoms with Crippen LogP contribution in [0.5, 0.6) is 0 Å². The molecule has 5 nitrogen and oxygen atoms in total. The van der Waals surface area contributed by atoms with Crippen LogP contribution in [0.2, 0.25) is 0 Å². The van der Waals surface area contributed by atoms with Crippen LogP contribution >= 0.6 is 23.1 Å². The Morgan fingerprint density at radius 3 is 3.10 bits per heavy atom. The molecular weight excluding hydrogens is 294 g/mol. The van der Waals surface area contributed by atoms with Crippen LogP contribution < -0.4 is 5.32 Å². The maximum atomic E-state index is 10.9. The molecule has 0 spiro atoms. The summed E-state index contributed by atoms with van der Waals surface area (Å²) in [6.07, 6.45) is 0. The van der Waals surface area contributed by atoms with Crippen LogP contribution in [0, 0.1) is 0 Å². The lowest BCUT2D eigenvalue weighted by Crippen LogP contribution is -2.17. The van der Waals surface area contributed by atoms with Gasteiger partial charge < -0.3 is 10.4 Å². The molecule has 1 atom stereocenters. The van der Waals surface area contributed by atoms with E-state index < -0.39 is 12.0 Å². The molecule has 2 heterocycles. The van der Waals surface area contributed by atoms with Gasteiger partial charge >= 0.3 is 5.97 Å². The Balaban J connectivity index is 1.93. The average Bonchev–Trinajstić information content (AvgIpc) is 3.05. The predicted octanol–water partition coefficient (Wildman–Crippen LogP) is 2.67. The van der Waals surface area contributed by atoms with Crippen LogP contribution in [-0.2, 0) is 4.79 Å². The molecule has 1 aromatic heterocycles.